The van der Waals surface area contributed by atoms with Crippen LogP contribution in [0.1, 0.15) is 19.3 Å². The van der Waals surface area contributed by atoms with Crippen molar-refractivity contribution in [3.05, 3.63) is 36.8 Å². The second-order valence-corrected chi connectivity index (χ2v) is 3.08. The molecule has 1 aliphatic carbocycles. The van der Waals surface area contributed by atoms with Gasteiger partial charge in [0.15, 0.2) is 0 Å². The molecule has 0 bridgehead atoms. The van der Waals surface area contributed by atoms with Gasteiger partial charge in [-0.25, -0.2) is 0 Å². The molecule has 0 aliphatic heterocycles. The fourth-order valence-corrected chi connectivity index (χ4v) is 1.47. The minimum Gasteiger partial charge on any atom is -0.490 e. The van der Waals surface area contributed by atoms with Crippen LogP contribution in [0.3, 0.4) is 0 Å². The van der Waals surface area contributed by atoms with E-state index in [1.807, 2.05) is 24.3 Å². The summed E-state index contributed by atoms with van der Waals surface area (Å²) in [6, 6.07) is 10.6. The molecule has 0 heterocycles. The van der Waals surface area contributed by atoms with Gasteiger partial charge in [0, 0.05) is 0 Å². The highest BCUT2D eigenvalue weighted by molar-refractivity contribution is 5.20. The summed E-state index contributed by atoms with van der Waals surface area (Å²) in [4.78, 5) is 0. The average molecular weight is 160 g/mol. The molecule has 0 saturated heterocycles. The lowest BCUT2D eigenvalue weighted by atomic mass is 10.3. The standard InChI is InChI=1S/C11H12O/c1-2-6-10(7-3-1)12-11-8-4-5-9-11/h2-4,6-7,11H,5,8-9H2. The van der Waals surface area contributed by atoms with Gasteiger partial charge in [-0.05, 0) is 43.9 Å². The normalized spacial score (nSPS) is 18.0. The summed E-state index contributed by atoms with van der Waals surface area (Å²) in [6.07, 6.45) is 6.16. The van der Waals surface area contributed by atoms with Gasteiger partial charge >= 0.3 is 0 Å². The Morgan fingerprint density at radius 1 is 1.33 bits per heavy atom. The molecule has 1 fully saturated rings. The zero-order chi connectivity index (χ0) is 8.23. The Bertz CT molecular complexity index is 224. The van der Waals surface area contributed by atoms with Crippen LogP contribution in [-0.2, 0) is 0 Å². The second kappa shape index (κ2) is 3.61. The minimum atomic E-state index is 0.410. The predicted molar refractivity (Wildman–Crippen MR) is 47.8 cm³/mol. The molecule has 1 nitrogen and oxygen atoms in total. The van der Waals surface area contributed by atoms with Crippen LogP contribution in [0.15, 0.2) is 24.3 Å². The molecule has 1 unspecified atom stereocenters. The summed E-state index contributed by atoms with van der Waals surface area (Å²) in [7, 11) is 0. The largest absolute Gasteiger partial charge is 0.490 e. The Balaban J connectivity index is 1.94. The van der Waals surface area contributed by atoms with E-state index in [1.165, 1.54) is 12.8 Å². The first-order chi connectivity index (χ1) is 5.95. The van der Waals surface area contributed by atoms with Crippen molar-refractivity contribution in [2.24, 2.45) is 0 Å². The monoisotopic (exact) mass is 160 g/mol. The van der Waals surface area contributed by atoms with Crippen molar-refractivity contribution < 1.29 is 4.74 Å². The molecule has 1 aromatic rings. The Labute approximate surface area is 73.4 Å². The van der Waals surface area contributed by atoms with Crippen LogP contribution in [0.2, 0.25) is 0 Å². The number of hydrogen-bond donors (Lipinski definition) is 0. The molecule has 1 saturated carbocycles. The van der Waals surface area contributed by atoms with E-state index < -0.39 is 0 Å². The topological polar surface area (TPSA) is 9.23 Å². The van der Waals surface area contributed by atoms with Gasteiger partial charge in [-0.1, -0.05) is 12.1 Å². The number of benzene rings is 1. The van der Waals surface area contributed by atoms with Crippen molar-refractivity contribution in [3.8, 4) is 5.75 Å². The second-order valence-electron chi connectivity index (χ2n) is 3.08. The first-order valence-corrected chi connectivity index (χ1v) is 4.39. The SMILES string of the molecule is [c]1ccc(OC2C[CH]CC2)cc1. The van der Waals surface area contributed by atoms with Gasteiger partial charge in [-0.15, -0.1) is 0 Å². The van der Waals surface area contributed by atoms with Gasteiger partial charge in [0.2, 0.25) is 0 Å². The summed E-state index contributed by atoms with van der Waals surface area (Å²) in [5, 5.41) is 0. The molecule has 2 radical (unpaired) electrons. The van der Waals surface area contributed by atoms with Crippen molar-refractivity contribution in [3.63, 3.8) is 0 Å². The lowest BCUT2D eigenvalue weighted by molar-refractivity contribution is 0.212. The molecular weight excluding hydrogens is 148 g/mol. The van der Waals surface area contributed by atoms with E-state index in [9.17, 15) is 0 Å². The molecule has 1 atom stereocenters. The first-order valence-electron chi connectivity index (χ1n) is 4.39. The molecular formula is C11H12O. The van der Waals surface area contributed by atoms with Crippen molar-refractivity contribution in [1.82, 2.24) is 0 Å². The van der Waals surface area contributed by atoms with Crippen molar-refractivity contribution >= 4 is 0 Å². The molecule has 0 N–H and O–H groups in total. The molecule has 2 rings (SSSR count). The summed E-state index contributed by atoms with van der Waals surface area (Å²) in [5.41, 5.74) is 0. The third-order valence-corrected chi connectivity index (χ3v) is 2.11. The lowest BCUT2D eigenvalue weighted by Gasteiger charge is -2.11. The van der Waals surface area contributed by atoms with Crippen molar-refractivity contribution in [2.75, 3.05) is 0 Å². The van der Waals surface area contributed by atoms with Gasteiger partial charge in [-0.3, -0.25) is 0 Å². The Kier molecular flexibility index (Phi) is 2.31. The lowest BCUT2D eigenvalue weighted by Crippen LogP contribution is -2.10. The summed E-state index contributed by atoms with van der Waals surface area (Å²) < 4.78 is 5.72. The zero-order valence-electron chi connectivity index (χ0n) is 6.99. The zero-order valence-corrected chi connectivity index (χ0v) is 6.99. The highest BCUT2D eigenvalue weighted by atomic mass is 16.5. The predicted octanol–water partition coefficient (Wildman–Crippen LogP) is 2.62. The van der Waals surface area contributed by atoms with Crippen LogP contribution < -0.4 is 4.74 Å². The van der Waals surface area contributed by atoms with Crippen molar-refractivity contribution in [2.45, 2.75) is 25.4 Å². The third-order valence-electron chi connectivity index (χ3n) is 2.11. The van der Waals surface area contributed by atoms with Gasteiger partial charge < -0.3 is 4.74 Å². The molecule has 1 aliphatic rings. The van der Waals surface area contributed by atoms with Gasteiger partial charge in [0.05, 0.1) is 6.10 Å². The quantitative estimate of drug-likeness (QED) is 0.646. The van der Waals surface area contributed by atoms with Crippen LogP contribution in [-0.4, -0.2) is 6.10 Å². The van der Waals surface area contributed by atoms with Crippen LogP contribution in [0, 0.1) is 12.5 Å². The van der Waals surface area contributed by atoms with E-state index in [1.54, 1.807) is 0 Å². The molecule has 0 aromatic heterocycles. The summed E-state index contributed by atoms with van der Waals surface area (Å²) >= 11 is 0. The van der Waals surface area contributed by atoms with E-state index in [4.69, 9.17) is 4.74 Å². The number of ether oxygens (including phenoxy) is 1. The Morgan fingerprint density at radius 3 is 2.83 bits per heavy atom. The third kappa shape index (κ3) is 1.79. The number of rotatable bonds is 2. The van der Waals surface area contributed by atoms with Crippen LogP contribution >= 0.6 is 0 Å². The first kappa shape index (κ1) is 7.66. The highest BCUT2D eigenvalue weighted by Crippen LogP contribution is 2.22. The molecule has 62 valence electrons. The van der Waals surface area contributed by atoms with E-state index >= 15 is 0 Å². The van der Waals surface area contributed by atoms with Crippen LogP contribution in [0.4, 0.5) is 0 Å². The smallest absolute Gasteiger partial charge is 0.119 e. The maximum Gasteiger partial charge on any atom is 0.119 e. The molecule has 1 heteroatoms. The maximum atomic E-state index is 5.72. The Hall–Kier alpha value is -0.980. The fraction of sp³-hybridized carbons (Fsp3) is 0.364. The van der Waals surface area contributed by atoms with Gasteiger partial charge in [0.1, 0.15) is 5.75 Å². The van der Waals surface area contributed by atoms with Gasteiger partial charge in [-0.2, -0.15) is 0 Å². The minimum absolute atomic E-state index is 0.410. The van der Waals surface area contributed by atoms with Crippen LogP contribution in [0.25, 0.3) is 0 Å². The summed E-state index contributed by atoms with van der Waals surface area (Å²) in [5.74, 6) is 0.967. The van der Waals surface area contributed by atoms with Crippen LogP contribution in [0.5, 0.6) is 5.75 Å². The van der Waals surface area contributed by atoms with E-state index in [2.05, 4.69) is 12.5 Å². The highest BCUT2D eigenvalue weighted by Gasteiger charge is 2.15. The fourth-order valence-electron chi connectivity index (χ4n) is 1.47. The van der Waals surface area contributed by atoms with E-state index in [0.29, 0.717) is 6.10 Å². The van der Waals surface area contributed by atoms with E-state index in [-0.39, 0.29) is 0 Å². The van der Waals surface area contributed by atoms with Crippen molar-refractivity contribution in [1.29, 1.82) is 0 Å². The maximum absolute atomic E-state index is 5.72. The molecule has 0 spiro atoms. The summed E-state index contributed by atoms with van der Waals surface area (Å²) in [6.45, 7) is 0. The molecule has 1 aromatic carbocycles. The average Bonchev–Trinajstić information content (AvgIpc) is 2.59. The molecule has 12 heavy (non-hydrogen) atoms. The van der Waals surface area contributed by atoms with Gasteiger partial charge in [0.25, 0.3) is 0 Å². The molecule has 0 amide bonds. The Morgan fingerprint density at radius 2 is 2.17 bits per heavy atom. The van der Waals surface area contributed by atoms with E-state index in [0.717, 1.165) is 12.2 Å². The number of hydrogen-bond acceptors (Lipinski definition) is 1.